The maximum Gasteiger partial charge on any atom is 0.275 e. The Morgan fingerprint density at radius 2 is 1.76 bits per heavy atom. The molecular weight excluding hydrogens is 310 g/mol. The van der Waals surface area contributed by atoms with E-state index in [2.05, 4.69) is 40.3 Å². The first-order valence-corrected chi connectivity index (χ1v) is 8.97. The van der Waals surface area contributed by atoms with Crippen LogP contribution in [0.3, 0.4) is 0 Å². The Bertz CT molecular complexity index is 933. The molecule has 1 aromatic heterocycles. The van der Waals surface area contributed by atoms with Crippen LogP contribution in [0.2, 0.25) is 0 Å². The molecule has 4 nitrogen and oxygen atoms in total. The number of rotatable bonds is 4. The molecule has 0 amide bonds. The van der Waals surface area contributed by atoms with Gasteiger partial charge < -0.3 is 0 Å². The zero-order valence-electron chi connectivity index (χ0n) is 14.6. The summed E-state index contributed by atoms with van der Waals surface area (Å²) >= 11 is 0. The van der Waals surface area contributed by atoms with Gasteiger partial charge in [-0.25, -0.2) is 4.68 Å². The van der Waals surface area contributed by atoms with E-state index in [0.29, 0.717) is 12.7 Å². The van der Waals surface area contributed by atoms with Gasteiger partial charge in [0.05, 0.1) is 17.7 Å². The summed E-state index contributed by atoms with van der Waals surface area (Å²) in [7, 11) is 0. The minimum absolute atomic E-state index is 0.00608. The topological polar surface area (TPSA) is 38.1 Å². The second-order valence-electron chi connectivity index (χ2n) is 6.88. The van der Waals surface area contributed by atoms with Crippen molar-refractivity contribution < 1.29 is 0 Å². The third-order valence-corrected chi connectivity index (χ3v) is 5.18. The van der Waals surface area contributed by atoms with Crippen molar-refractivity contribution in [1.29, 1.82) is 0 Å². The monoisotopic (exact) mass is 333 g/mol. The van der Waals surface area contributed by atoms with Gasteiger partial charge in [0.1, 0.15) is 0 Å². The fourth-order valence-electron chi connectivity index (χ4n) is 3.87. The maximum atomic E-state index is 12.8. The molecule has 1 aliphatic heterocycles. The van der Waals surface area contributed by atoms with Crippen LogP contribution < -0.4 is 5.56 Å². The summed E-state index contributed by atoms with van der Waals surface area (Å²) in [6.45, 7) is 3.57. The first kappa shape index (κ1) is 16.0. The van der Waals surface area contributed by atoms with Crippen molar-refractivity contribution in [2.24, 2.45) is 0 Å². The summed E-state index contributed by atoms with van der Waals surface area (Å²) in [4.78, 5) is 15.2. The molecule has 128 valence electrons. The molecule has 3 aromatic rings. The van der Waals surface area contributed by atoms with E-state index in [1.165, 1.54) is 18.4 Å². The van der Waals surface area contributed by atoms with Crippen molar-refractivity contribution in [2.75, 3.05) is 6.54 Å². The average molecular weight is 333 g/mol. The highest BCUT2D eigenvalue weighted by Gasteiger charge is 2.25. The van der Waals surface area contributed by atoms with E-state index in [-0.39, 0.29) is 5.56 Å². The van der Waals surface area contributed by atoms with Gasteiger partial charge in [-0.15, -0.1) is 0 Å². The molecule has 25 heavy (non-hydrogen) atoms. The SMILES string of the molecule is Cc1nn(CN2CCCC2Cc2ccccc2)c(=O)c2ccccc12. The van der Waals surface area contributed by atoms with Gasteiger partial charge in [-0.05, 0) is 37.8 Å². The minimum atomic E-state index is 0.00608. The van der Waals surface area contributed by atoms with E-state index in [9.17, 15) is 4.79 Å². The van der Waals surface area contributed by atoms with Gasteiger partial charge in [0.25, 0.3) is 5.56 Å². The van der Waals surface area contributed by atoms with Gasteiger partial charge in [0.2, 0.25) is 0 Å². The van der Waals surface area contributed by atoms with Crippen molar-refractivity contribution in [3.63, 3.8) is 0 Å². The lowest BCUT2D eigenvalue weighted by Gasteiger charge is -2.25. The first-order valence-electron chi connectivity index (χ1n) is 8.97. The molecule has 4 heteroatoms. The second-order valence-corrected chi connectivity index (χ2v) is 6.88. The third-order valence-electron chi connectivity index (χ3n) is 5.18. The Hall–Kier alpha value is -2.46. The van der Waals surface area contributed by atoms with E-state index >= 15 is 0 Å². The predicted molar refractivity (Wildman–Crippen MR) is 101 cm³/mol. The van der Waals surface area contributed by atoms with Crippen LogP contribution in [-0.4, -0.2) is 27.3 Å². The Morgan fingerprint density at radius 1 is 1.04 bits per heavy atom. The first-order chi connectivity index (χ1) is 12.2. The summed E-state index contributed by atoms with van der Waals surface area (Å²) in [5.74, 6) is 0. The molecule has 1 saturated heterocycles. The fraction of sp³-hybridized carbons (Fsp3) is 0.333. The molecule has 0 N–H and O–H groups in total. The van der Waals surface area contributed by atoms with Crippen molar-refractivity contribution >= 4 is 10.8 Å². The lowest BCUT2D eigenvalue weighted by Crippen LogP contribution is -2.38. The molecule has 1 atom stereocenters. The zero-order valence-corrected chi connectivity index (χ0v) is 14.6. The van der Waals surface area contributed by atoms with E-state index < -0.39 is 0 Å². The second kappa shape index (κ2) is 6.81. The Labute approximate surface area is 147 Å². The van der Waals surface area contributed by atoms with Gasteiger partial charge in [-0.3, -0.25) is 9.69 Å². The zero-order chi connectivity index (χ0) is 17.2. The van der Waals surface area contributed by atoms with E-state index in [1.807, 2.05) is 31.2 Å². The third kappa shape index (κ3) is 3.22. The van der Waals surface area contributed by atoms with E-state index in [0.717, 1.165) is 29.4 Å². The van der Waals surface area contributed by atoms with Crippen LogP contribution in [0, 0.1) is 6.92 Å². The predicted octanol–water partition coefficient (Wildman–Crippen LogP) is 3.37. The number of fused-ring (bicyclic) bond motifs is 1. The van der Waals surface area contributed by atoms with Crippen LogP contribution in [0.5, 0.6) is 0 Å². The Morgan fingerprint density at radius 3 is 2.56 bits per heavy atom. The lowest BCUT2D eigenvalue weighted by atomic mass is 10.0. The Kier molecular flexibility index (Phi) is 4.36. The van der Waals surface area contributed by atoms with Crippen LogP contribution >= 0.6 is 0 Å². The number of aromatic nitrogens is 2. The standard InChI is InChI=1S/C21H23N3O/c1-16-19-11-5-6-12-20(19)21(25)24(22-16)15-23-13-7-10-18(23)14-17-8-3-2-4-9-17/h2-6,8-9,11-12,18H,7,10,13-15H2,1H3. The summed E-state index contributed by atoms with van der Waals surface area (Å²) in [6, 6.07) is 18.8. The number of hydrogen-bond donors (Lipinski definition) is 0. The van der Waals surface area contributed by atoms with Crippen LogP contribution in [-0.2, 0) is 13.1 Å². The van der Waals surface area contributed by atoms with Gasteiger partial charge in [-0.1, -0.05) is 48.5 Å². The molecule has 0 aliphatic carbocycles. The maximum absolute atomic E-state index is 12.8. The normalized spacial score (nSPS) is 18.0. The number of hydrogen-bond acceptors (Lipinski definition) is 3. The lowest BCUT2D eigenvalue weighted by molar-refractivity contribution is 0.185. The summed E-state index contributed by atoms with van der Waals surface area (Å²) < 4.78 is 1.64. The van der Waals surface area contributed by atoms with E-state index in [4.69, 9.17) is 0 Å². The molecule has 0 bridgehead atoms. The fourth-order valence-corrected chi connectivity index (χ4v) is 3.87. The molecule has 1 fully saturated rings. The summed E-state index contributed by atoms with van der Waals surface area (Å²) in [6.07, 6.45) is 3.39. The summed E-state index contributed by atoms with van der Waals surface area (Å²) in [5, 5.41) is 6.28. The minimum Gasteiger partial charge on any atom is -0.281 e. The van der Waals surface area contributed by atoms with Crippen molar-refractivity contribution in [3.8, 4) is 0 Å². The van der Waals surface area contributed by atoms with Gasteiger partial charge >= 0.3 is 0 Å². The molecular formula is C21H23N3O. The molecule has 2 aromatic carbocycles. The van der Waals surface area contributed by atoms with Crippen molar-refractivity contribution in [3.05, 3.63) is 76.2 Å². The van der Waals surface area contributed by atoms with Crippen LogP contribution in [0.4, 0.5) is 0 Å². The van der Waals surface area contributed by atoms with Crippen molar-refractivity contribution in [1.82, 2.24) is 14.7 Å². The molecule has 0 saturated carbocycles. The molecule has 0 spiro atoms. The van der Waals surface area contributed by atoms with E-state index in [1.54, 1.807) is 4.68 Å². The number of benzene rings is 2. The molecule has 1 unspecified atom stereocenters. The number of nitrogens with zero attached hydrogens (tertiary/aromatic N) is 3. The molecule has 2 heterocycles. The van der Waals surface area contributed by atoms with Gasteiger partial charge in [0, 0.05) is 18.0 Å². The van der Waals surface area contributed by atoms with Crippen molar-refractivity contribution in [2.45, 2.75) is 38.9 Å². The smallest absolute Gasteiger partial charge is 0.275 e. The quantitative estimate of drug-likeness (QED) is 0.735. The highest BCUT2D eigenvalue weighted by molar-refractivity contribution is 5.83. The molecule has 4 rings (SSSR count). The largest absolute Gasteiger partial charge is 0.281 e. The average Bonchev–Trinajstić information content (AvgIpc) is 3.07. The summed E-state index contributed by atoms with van der Waals surface area (Å²) in [5.41, 5.74) is 2.27. The van der Waals surface area contributed by atoms with Crippen LogP contribution in [0.25, 0.3) is 10.8 Å². The van der Waals surface area contributed by atoms with Gasteiger partial charge in [-0.2, -0.15) is 5.10 Å². The van der Waals surface area contributed by atoms with Gasteiger partial charge in [0.15, 0.2) is 0 Å². The number of likely N-dealkylation sites (tertiary alicyclic amines) is 1. The molecule has 1 aliphatic rings. The highest BCUT2D eigenvalue weighted by atomic mass is 16.1. The van der Waals surface area contributed by atoms with Crippen LogP contribution in [0.1, 0.15) is 24.1 Å². The highest BCUT2D eigenvalue weighted by Crippen LogP contribution is 2.22. The molecule has 0 radical (unpaired) electrons. The van der Waals surface area contributed by atoms with Crippen LogP contribution in [0.15, 0.2) is 59.4 Å². The Balaban J connectivity index is 1.60. The number of aryl methyl sites for hydroxylation is 1.